The van der Waals surface area contributed by atoms with Gasteiger partial charge in [0.1, 0.15) is 6.04 Å². The Morgan fingerprint density at radius 3 is 2.43 bits per heavy atom. The Morgan fingerprint density at radius 2 is 1.77 bits per heavy atom. The van der Waals surface area contributed by atoms with Crippen LogP contribution in [0.5, 0.6) is 0 Å². The van der Waals surface area contributed by atoms with Gasteiger partial charge in [0.05, 0.1) is 11.2 Å². The second-order valence-corrected chi connectivity index (χ2v) is 7.88. The zero-order chi connectivity index (χ0) is 21.5. The number of hydrogen-bond donors (Lipinski definition) is 2. The van der Waals surface area contributed by atoms with Crippen molar-refractivity contribution in [2.75, 3.05) is 11.6 Å². The fourth-order valence-corrected chi connectivity index (χ4v) is 3.30. The third kappa shape index (κ3) is 5.95. The molecule has 1 heterocycles. The summed E-state index contributed by atoms with van der Waals surface area (Å²) in [5, 5.41) is 6.63. The Hall–Kier alpha value is -2.61. The van der Waals surface area contributed by atoms with E-state index in [1.807, 2.05) is 30.3 Å². The van der Waals surface area contributed by atoms with Gasteiger partial charge in [-0.05, 0) is 36.1 Å². The van der Waals surface area contributed by atoms with Crippen LogP contribution < -0.4 is 10.6 Å². The van der Waals surface area contributed by atoms with Crippen molar-refractivity contribution >= 4 is 52.5 Å². The first-order valence-electron chi connectivity index (χ1n) is 8.94. The summed E-state index contributed by atoms with van der Waals surface area (Å²) >= 11 is 13.3. The average molecular weight is 461 g/mol. The summed E-state index contributed by atoms with van der Waals surface area (Å²) in [5.74, 6) is -0.922. The molecule has 0 aliphatic carbocycles. The molecule has 1 aromatic heterocycles. The summed E-state index contributed by atoms with van der Waals surface area (Å²) in [6.07, 6.45) is 3.46. The lowest BCUT2D eigenvalue weighted by molar-refractivity contribution is -0.118. The zero-order valence-corrected chi connectivity index (χ0v) is 18.3. The van der Waals surface area contributed by atoms with Gasteiger partial charge in [0.15, 0.2) is 10.9 Å². The normalized spacial score (nSPS) is 11.6. The van der Waals surface area contributed by atoms with E-state index in [0.717, 1.165) is 5.56 Å². The van der Waals surface area contributed by atoms with Crippen molar-refractivity contribution in [2.45, 2.75) is 17.6 Å². The monoisotopic (exact) mass is 460 g/mol. The minimum absolute atomic E-state index is 0.0216. The van der Waals surface area contributed by atoms with Crippen LogP contribution in [0.1, 0.15) is 16.1 Å². The highest BCUT2D eigenvalue weighted by atomic mass is 35.5. The lowest BCUT2D eigenvalue weighted by Gasteiger charge is -2.19. The van der Waals surface area contributed by atoms with Crippen LogP contribution in [0.3, 0.4) is 0 Å². The Labute approximate surface area is 188 Å². The topological polar surface area (TPSA) is 84.0 Å². The van der Waals surface area contributed by atoms with Crippen LogP contribution in [0, 0.1) is 0 Å². The maximum absolute atomic E-state index is 12.9. The number of aromatic nitrogens is 2. The molecule has 0 unspecified atom stereocenters. The van der Waals surface area contributed by atoms with Gasteiger partial charge in [-0.3, -0.25) is 9.59 Å². The van der Waals surface area contributed by atoms with Gasteiger partial charge < -0.3 is 10.6 Å². The molecule has 6 nitrogen and oxygen atoms in total. The van der Waals surface area contributed by atoms with Crippen LogP contribution in [-0.2, 0) is 11.2 Å². The molecule has 3 aromatic rings. The number of rotatable bonds is 7. The van der Waals surface area contributed by atoms with Crippen LogP contribution in [0.2, 0.25) is 10.0 Å². The molecule has 0 aliphatic rings. The summed E-state index contributed by atoms with van der Waals surface area (Å²) in [4.78, 5) is 34.0. The van der Waals surface area contributed by atoms with Gasteiger partial charge in [0, 0.05) is 17.1 Å². The van der Waals surface area contributed by atoms with Crippen molar-refractivity contribution < 1.29 is 9.59 Å². The van der Waals surface area contributed by atoms with E-state index in [4.69, 9.17) is 23.2 Å². The van der Waals surface area contributed by atoms with E-state index >= 15 is 0 Å². The molecule has 154 valence electrons. The molecule has 2 N–H and O–H groups in total. The number of anilines is 1. The molecule has 30 heavy (non-hydrogen) atoms. The van der Waals surface area contributed by atoms with E-state index in [1.54, 1.807) is 30.5 Å². The lowest BCUT2D eigenvalue weighted by atomic mass is 10.0. The molecule has 0 fully saturated rings. The first-order chi connectivity index (χ1) is 14.5. The average Bonchev–Trinajstić information content (AvgIpc) is 2.76. The number of carbonyl (C=O) groups excluding carboxylic acids is 2. The van der Waals surface area contributed by atoms with E-state index < -0.39 is 11.9 Å². The van der Waals surface area contributed by atoms with E-state index in [9.17, 15) is 9.59 Å². The zero-order valence-electron chi connectivity index (χ0n) is 15.9. The Kier molecular flexibility index (Phi) is 7.68. The third-order valence-electron chi connectivity index (χ3n) is 4.14. The van der Waals surface area contributed by atoms with Gasteiger partial charge in [-0.15, -0.1) is 0 Å². The first-order valence-corrected chi connectivity index (χ1v) is 10.9. The number of halogens is 2. The summed E-state index contributed by atoms with van der Waals surface area (Å²) in [6.45, 7) is 0. The molecule has 0 radical (unpaired) electrons. The molecule has 0 aliphatic heterocycles. The van der Waals surface area contributed by atoms with Crippen LogP contribution in [-0.4, -0.2) is 34.1 Å². The summed E-state index contributed by atoms with van der Waals surface area (Å²) in [6, 6.07) is 15.3. The second-order valence-electron chi connectivity index (χ2n) is 6.27. The Balaban J connectivity index is 1.82. The number of benzene rings is 2. The van der Waals surface area contributed by atoms with E-state index in [2.05, 4.69) is 20.6 Å². The Morgan fingerprint density at radius 1 is 1.07 bits per heavy atom. The van der Waals surface area contributed by atoms with Crippen molar-refractivity contribution in [3.8, 4) is 0 Å². The van der Waals surface area contributed by atoms with Crippen LogP contribution in [0.4, 0.5) is 5.69 Å². The highest BCUT2D eigenvalue weighted by molar-refractivity contribution is 7.98. The number of carbonyl (C=O) groups is 2. The predicted octanol–water partition coefficient (Wildman–Crippen LogP) is 4.49. The minimum atomic E-state index is -0.848. The number of thioether (sulfide) groups is 1. The van der Waals surface area contributed by atoms with Gasteiger partial charge in [-0.25, -0.2) is 9.97 Å². The fourth-order valence-electron chi connectivity index (χ4n) is 2.66. The van der Waals surface area contributed by atoms with Gasteiger partial charge in [0.2, 0.25) is 5.91 Å². The van der Waals surface area contributed by atoms with Crippen molar-refractivity contribution in [2.24, 2.45) is 0 Å². The van der Waals surface area contributed by atoms with E-state index in [0.29, 0.717) is 22.3 Å². The SMILES string of the molecule is CSc1ncc(Cl)c(C(=O)N[C@@H](Cc2ccccc2)C(=O)Nc2ccc(Cl)cc2)n1. The second kappa shape index (κ2) is 10.4. The fraction of sp³-hybridized carbons (Fsp3) is 0.143. The molecule has 3 rings (SSSR count). The molecular formula is C21H18Cl2N4O2S. The molecule has 2 amide bonds. The molecule has 0 saturated carbocycles. The predicted molar refractivity (Wildman–Crippen MR) is 120 cm³/mol. The van der Waals surface area contributed by atoms with Crippen molar-refractivity contribution in [1.82, 2.24) is 15.3 Å². The van der Waals surface area contributed by atoms with Crippen LogP contribution in [0.15, 0.2) is 66.0 Å². The molecule has 0 saturated heterocycles. The maximum Gasteiger partial charge on any atom is 0.272 e. The molecule has 0 bridgehead atoms. The lowest BCUT2D eigenvalue weighted by Crippen LogP contribution is -2.45. The standard InChI is InChI=1S/C21H18Cl2N4O2S/c1-30-21-24-12-16(23)18(27-21)20(29)26-17(11-13-5-3-2-4-6-13)19(28)25-15-9-7-14(22)8-10-15/h2-10,12,17H,11H2,1H3,(H,25,28)(H,26,29)/t17-/m0/s1. The van der Waals surface area contributed by atoms with Gasteiger partial charge in [0.25, 0.3) is 5.91 Å². The smallest absolute Gasteiger partial charge is 0.272 e. The molecule has 9 heteroatoms. The molecule has 0 spiro atoms. The van der Waals surface area contributed by atoms with Gasteiger partial charge in [-0.2, -0.15) is 0 Å². The summed E-state index contributed by atoms with van der Waals surface area (Å²) in [7, 11) is 0. The quantitative estimate of drug-likeness (QED) is 0.400. The van der Waals surface area contributed by atoms with Crippen LogP contribution in [0.25, 0.3) is 0 Å². The Bertz CT molecular complexity index is 1030. The van der Waals surface area contributed by atoms with Crippen LogP contribution >= 0.6 is 35.0 Å². The molecule has 2 aromatic carbocycles. The number of nitrogens with zero attached hydrogens (tertiary/aromatic N) is 2. The van der Waals surface area contributed by atoms with Crippen molar-refractivity contribution in [3.05, 3.63) is 82.1 Å². The van der Waals surface area contributed by atoms with Crippen molar-refractivity contribution in [3.63, 3.8) is 0 Å². The van der Waals surface area contributed by atoms with E-state index in [1.165, 1.54) is 18.0 Å². The maximum atomic E-state index is 12.9. The van der Waals surface area contributed by atoms with Gasteiger partial charge in [-0.1, -0.05) is 65.3 Å². The molecule has 1 atom stereocenters. The van der Waals surface area contributed by atoms with Gasteiger partial charge >= 0.3 is 0 Å². The largest absolute Gasteiger partial charge is 0.338 e. The van der Waals surface area contributed by atoms with E-state index in [-0.39, 0.29) is 16.6 Å². The highest BCUT2D eigenvalue weighted by Gasteiger charge is 2.24. The minimum Gasteiger partial charge on any atom is -0.338 e. The summed E-state index contributed by atoms with van der Waals surface area (Å²) < 4.78 is 0. The van der Waals surface area contributed by atoms with Crippen molar-refractivity contribution in [1.29, 1.82) is 0 Å². The first kappa shape index (κ1) is 22.1. The number of amides is 2. The number of nitrogens with one attached hydrogen (secondary N) is 2. The third-order valence-corrected chi connectivity index (χ3v) is 5.23. The number of hydrogen-bond acceptors (Lipinski definition) is 5. The molecular weight excluding hydrogens is 443 g/mol. The summed E-state index contributed by atoms with van der Waals surface area (Å²) in [5.41, 5.74) is 1.49. The highest BCUT2D eigenvalue weighted by Crippen LogP contribution is 2.18.